The zero-order valence-corrected chi connectivity index (χ0v) is 12.5. The second kappa shape index (κ2) is 5.58. The van der Waals surface area contributed by atoms with Gasteiger partial charge in [0.1, 0.15) is 11.5 Å². The van der Waals surface area contributed by atoms with E-state index in [0.717, 1.165) is 17.0 Å². The number of aryl methyl sites for hydroxylation is 1. The van der Waals surface area contributed by atoms with Gasteiger partial charge in [0.15, 0.2) is 4.60 Å². The summed E-state index contributed by atoms with van der Waals surface area (Å²) in [4.78, 5) is 0. The fourth-order valence-corrected chi connectivity index (χ4v) is 2.47. The molecular weight excluding hydrogens is 312 g/mol. The molecular formula is C12H15BrN4O2. The third-order valence-electron chi connectivity index (χ3n) is 2.89. The first kappa shape index (κ1) is 13.8. The van der Waals surface area contributed by atoms with Crippen molar-refractivity contribution in [1.82, 2.24) is 15.0 Å². The summed E-state index contributed by atoms with van der Waals surface area (Å²) in [5.74, 6) is 1.42. The molecule has 1 atom stereocenters. The third kappa shape index (κ3) is 2.57. The van der Waals surface area contributed by atoms with E-state index in [0.29, 0.717) is 10.4 Å². The number of ether oxygens (including phenoxy) is 2. The standard InChI is InChI=1S/C12H15BrN4O2/c1-17-11(12(13)15-16-17)10(14)8-6-7(18-2)4-5-9(8)19-3/h4-6,10H,14H2,1-3H3. The third-order valence-corrected chi connectivity index (χ3v) is 3.46. The van der Waals surface area contributed by atoms with E-state index in [-0.39, 0.29) is 0 Å². The molecule has 2 rings (SSSR count). The summed E-state index contributed by atoms with van der Waals surface area (Å²) in [6, 6.07) is 5.08. The maximum Gasteiger partial charge on any atom is 0.153 e. The number of rotatable bonds is 4. The molecule has 1 aromatic carbocycles. The molecule has 0 saturated carbocycles. The quantitative estimate of drug-likeness (QED) is 0.924. The van der Waals surface area contributed by atoms with Gasteiger partial charge < -0.3 is 15.2 Å². The van der Waals surface area contributed by atoms with Crippen LogP contribution in [0.1, 0.15) is 17.3 Å². The van der Waals surface area contributed by atoms with Gasteiger partial charge in [-0.15, -0.1) is 5.10 Å². The topological polar surface area (TPSA) is 75.2 Å². The van der Waals surface area contributed by atoms with E-state index in [4.69, 9.17) is 15.2 Å². The van der Waals surface area contributed by atoms with Crippen LogP contribution in [0.2, 0.25) is 0 Å². The highest BCUT2D eigenvalue weighted by molar-refractivity contribution is 9.10. The van der Waals surface area contributed by atoms with Crippen molar-refractivity contribution in [1.29, 1.82) is 0 Å². The first-order chi connectivity index (χ1) is 9.08. The van der Waals surface area contributed by atoms with Gasteiger partial charge in [-0.25, -0.2) is 4.68 Å². The van der Waals surface area contributed by atoms with E-state index in [1.807, 2.05) is 18.2 Å². The molecule has 0 aliphatic carbocycles. The molecule has 0 spiro atoms. The Hall–Kier alpha value is -1.60. The van der Waals surface area contributed by atoms with Gasteiger partial charge in [0.05, 0.1) is 26.0 Å². The normalized spacial score (nSPS) is 12.3. The molecule has 0 fully saturated rings. The van der Waals surface area contributed by atoms with Crippen LogP contribution < -0.4 is 15.2 Å². The van der Waals surface area contributed by atoms with Crippen LogP contribution in [0.4, 0.5) is 0 Å². The number of nitrogens with two attached hydrogens (primary N) is 1. The highest BCUT2D eigenvalue weighted by Gasteiger charge is 2.21. The number of nitrogens with zero attached hydrogens (tertiary/aromatic N) is 3. The van der Waals surface area contributed by atoms with Crippen molar-refractivity contribution < 1.29 is 9.47 Å². The first-order valence-corrected chi connectivity index (χ1v) is 6.40. The summed E-state index contributed by atoms with van der Waals surface area (Å²) < 4.78 is 12.8. The number of hydrogen-bond acceptors (Lipinski definition) is 5. The van der Waals surface area contributed by atoms with E-state index < -0.39 is 6.04 Å². The van der Waals surface area contributed by atoms with Gasteiger partial charge in [0, 0.05) is 12.6 Å². The van der Waals surface area contributed by atoms with Gasteiger partial charge in [-0.05, 0) is 34.1 Å². The van der Waals surface area contributed by atoms with E-state index in [1.165, 1.54) is 0 Å². The van der Waals surface area contributed by atoms with Crippen LogP contribution >= 0.6 is 15.9 Å². The number of aromatic nitrogens is 3. The summed E-state index contributed by atoms with van der Waals surface area (Å²) in [5.41, 5.74) is 7.88. The summed E-state index contributed by atoms with van der Waals surface area (Å²) in [5, 5.41) is 7.87. The van der Waals surface area contributed by atoms with Crippen molar-refractivity contribution in [2.45, 2.75) is 6.04 Å². The summed E-state index contributed by atoms with van der Waals surface area (Å²) >= 11 is 3.35. The van der Waals surface area contributed by atoms with E-state index in [9.17, 15) is 0 Å². The zero-order chi connectivity index (χ0) is 14.0. The molecule has 0 saturated heterocycles. The van der Waals surface area contributed by atoms with Gasteiger partial charge in [-0.3, -0.25) is 0 Å². The Morgan fingerprint density at radius 2 is 2.05 bits per heavy atom. The van der Waals surface area contributed by atoms with Crippen molar-refractivity contribution >= 4 is 15.9 Å². The molecule has 0 aliphatic heterocycles. The highest BCUT2D eigenvalue weighted by Crippen LogP contribution is 2.33. The Balaban J connectivity index is 2.51. The molecule has 102 valence electrons. The lowest BCUT2D eigenvalue weighted by atomic mass is 10.0. The minimum Gasteiger partial charge on any atom is -0.497 e. The lowest BCUT2D eigenvalue weighted by Crippen LogP contribution is -2.17. The maximum atomic E-state index is 6.30. The maximum absolute atomic E-state index is 6.30. The van der Waals surface area contributed by atoms with E-state index >= 15 is 0 Å². The van der Waals surface area contributed by atoms with Gasteiger partial charge in [-0.1, -0.05) is 5.21 Å². The average Bonchev–Trinajstić information content (AvgIpc) is 2.76. The smallest absolute Gasteiger partial charge is 0.153 e. The summed E-state index contributed by atoms with van der Waals surface area (Å²) in [6.07, 6.45) is 0. The molecule has 19 heavy (non-hydrogen) atoms. The minimum atomic E-state index is -0.417. The van der Waals surface area contributed by atoms with Gasteiger partial charge >= 0.3 is 0 Å². The lowest BCUT2D eigenvalue weighted by Gasteiger charge is -2.17. The van der Waals surface area contributed by atoms with Crippen molar-refractivity contribution in [3.8, 4) is 11.5 Å². The Bertz CT molecular complexity index is 566. The van der Waals surface area contributed by atoms with Crippen LogP contribution in [0, 0.1) is 0 Å². The Morgan fingerprint density at radius 3 is 2.58 bits per heavy atom. The van der Waals surface area contributed by atoms with Crippen molar-refractivity contribution in [3.05, 3.63) is 34.1 Å². The largest absolute Gasteiger partial charge is 0.497 e. The Labute approximate surface area is 119 Å². The molecule has 0 bridgehead atoms. The first-order valence-electron chi connectivity index (χ1n) is 5.61. The molecule has 1 unspecified atom stereocenters. The minimum absolute atomic E-state index is 0.417. The van der Waals surface area contributed by atoms with Gasteiger partial charge in [-0.2, -0.15) is 0 Å². The number of benzene rings is 1. The van der Waals surface area contributed by atoms with Crippen LogP contribution in [0.25, 0.3) is 0 Å². The van der Waals surface area contributed by atoms with Crippen LogP contribution in [0.5, 0.6) is 11.5 Å². The van der Waals surface area contributed by atoms with E-state index in [1.54, 1.807) is 25.9 Å². The monoisotopic (exact) mass is 326 g/mol. The Morgan fingerprint density at radius 1 is 1.32 bits per heavy atom. The van der Waals surface area contributed by atoms with Crippen LogP contribution in [-0.4, -0.2) is 29.2 Å². The molecule has 0 aliphatic rings. The van der Waals surface area contributed by atoms with Crippen LogP contribution in [-0.2, 0) is 7.05 Å². The number of hydrogen-bond donors (Lipinski definition) is 1. The number of methoxy groups -OCH3 is 2. The van der Waals surface area contributed by atoms with Crippen LogP contribution in [0.3, 0.4) is 0 Å². The summed E-state index contributed by atoms with van der Waals surface area (Å²) in [7, 11) is 5.01. The molecule has 0 amide bonds. The molecule has 6 nitrogen and oxygen atoms in total. The highest BCUT2D eigenvalue weighted by atomic mass is 79.9. The van der Waals surface area contributed by atoms with Crippen molar-refractivity contribution in [2.75, 3.05) is 14.2 Å². The molecule has 1 aromatic heterocycles. The van der Waals surface area contributed by atoms with Crippen molar-refractivity contribution in [2.24, 2.45) is 12.8 Å². The van der Waals surface area contributed by atoms with Crippen molar-refractivity contribution in [3.63, 3.8) is 0 Å². The second-order valence-corrected chi connectivity index (χ2v) is 4.73. The SMILES string of the molecule is COc1ccc(OC)c(C(N)c2c(Br)nnn2C)c1. The molecule has 0 radical (unpaired) electrons. The second-order valence-electron chi connectivity index (χ2n) is 3.97. The summed E-state index contributed by atoms with van der Waals surface area (Å²) in [6.45, 7) is 0. The predicted molar refractivity (Wildman–Crippen MR) is 74.3 cm³/mol. The predicted octanol–water partition coefficient (Wildman–Crippen LogP) is 1.64. The van der Waals surface area contributed by atoms with Crippen LogP contribution in [0.15, 0.2) is 22.8 Å². The molecule has 2 aromatic rings. The van der Waals surface area contributed by atoms with E-state index in [2.05, 4.69) is 26.2 Å². The van der Waals surface area contributed by atoms with Gasteiger partial charge in [0.2, 0.25) is 0 Å². The number of halogens is 1. The molecule has 7 heteroatoms. The lowest BCUT2D eigenvalue weighted by molar-refractivity contribution is 0.396. The Kier molecular flexibility index (Phi) is 4.06. The van der Waals surface area contributed by atoms with Gasteiger partial charge in [0.25, 0.3) is 0 Å². The zero-order valence-electron chi connectivity index (χ0n) is 10.9. The average molecular weight is 327 g/mol. The molecule has 1 heterocycles. The fraction of sp³-hybridized carbons (Fsp3) is 0.333. The molecule has 2 N–H and O–H groups in total. The fourth-order valence-electron chi connectivity index (χ4n) is 1.90.